The van der Waals surface area contributed by atoms with Crippen LogP contribution < -0.4 is 10.0 Å². The standard InChI is InChI=1S/C19H26N6O5S/c1-19(2,3)30-18(27)25-10-8-13(12-25)23-31(28,29)14-5-6-16(20-11-14)22-17(26)15-7-9-21-24(15)4/h5-7,9,11,13,23H,8,10,12H2,1-4H3,(H,20,22,26). The predicted molar refractivity (Wildman–Crippen MR) is 112 cm³/mol. The van der Waals surface area contributed by atoms with Crippen molar-refractivity contribution in [3.05, 3.63) is 36.3 Å². The largest absolute Gasteiger partial charge is 0.444 e. The van der Waals surface area contributed by atoms with E-state index in [2.05, 4.69) is 20.1 Å². The molecular formula is C19H26N6O5S. The number of pyridine rings is 1. The van der Waals surface area contributed by atoms with Crippen molar-refractivity contribution >= 4 is 27.8 Å². The molecule has 0 radical (unpaired) electrons. The molecule has 11 nitrogen and oxygen atoms in total. The van der Waals surface area contributed by atoms with Crippen molar-refractivity contribution in [2.75, 3.05) is 18.4 Å². The van der Waals surface area contributed by atoms with Gasteiger partial charge in [0, 0.05) is 38.6 Å². The highest BCUT2D eigenvalue weighted by Crippen LogP contribution is 2.18. The molecule has 12 heteroatoms. The minimum absolute atomic E-state index is 0.0400. The molecule has 1 aliphatic rings. The van der Waals surface area contributed by atoms with Gasteiger partial charge in [0.25, 0.3) is 5.91 Å². The van der Waals surface area contributed by atoms with Crippen molar-refractivity contribution < 1.29 is 22.7 Å². The number of sulfonamides is 1. The fourth-order valence-electron chi connectivity index (χ4n) is 3.03. The summed E-state index contributed by atoms with van der Waals surface area (Å²) in [6.45, 7) is 5.95. The molecular weight excluding hydrogens is 424 g/mol. The monoisotopic (exact) mass is 450 g/mol. The first-order chi connectivity index (χ1) is 14.4. The Labute approximate surface area is 180 Å². The molecule has 2 amide bonds. The van der Waals surface area contributed by atoms with Crippen molar-refractivity contribution in [1.29, 1.82) is 0 Å². The summed E-state index contributed by atoms with van der Waals surface area (Å²) >= 11 is 0. The molecule has 1 aliphatic heterocycles. The van der Waals surface area contributed by atoms with E-state index in [-0.39, 0.29) is 17.3 Å². The Kier molecular flexibility index (Phi) is 6.32. The summed E-state index contributed by atoms with van der Waals surface area (Å²) in [7, 11) is -2.21. The third-order valence-corrected chi connectivity index (χ3v) is 6.01. The topological polar surface area (TPSA) is 136 Å². The lowest BCUT2D eigenvalue weighted by Gasteiger charge is -2.24. The van der Waals surface area contributed by atoms with Gasteiger partial charge in [-0.15, -0.1) is 0 Å². The third-order valence-electron chi connectivity index (χ3n) is 4.50. The second-order valence-electron chi connectivity index (χ2n) is 8.21. The van der Waals surface area contributed by atoms with E-state index >= 15 is 0 Å². The van der Waals surface area contributed by atoms with Gasteiger partial charge in [0.05, 0.1) is 0 Å². The lowest BCUT2D eigenvalue weighted by molar-refractivity contribution is 0.0291. The highest BCUT2D eigenvalue weighted by Gasteiger charge is 2.32. The van der Waals surface area contributed by atoms with E-state index in [4.69, 9.17) is 4.74 Å². The van der Waals surface area contributed by atoms with Crippen LogP contribution in [0.4, 0.5) is 10.6 Å². The lowest BCUT2D eigenvalue weighted by atomic mass is 10.2. The SMILES string of the molecule is Cn1nccc1C(=O)Nc1ccc(S(=O)(=O)NC2CCN(C(=O)OC(C)(C)C)C2)cn1. The Morgan fingerprint density at radius 3 is 2.55 bits per heavy atom. The number of likely N-dealkylation sites (tertiary alicyclic amines) is 1. The summed E-state index contributed by atoms with van der Waals surface area (Å²) in [5.74, 6) is -0.198. The number of aryl methyl sites for hydroxylation is 1. The van der Waals surface area contributed by atoms with Gasteiger partial charge in [0.2, 0.25) is 10.0 Å². The quantitative estimate of drug-likeness (QED) is 0.702. The number of rotatable bonds is 5. The van der Waals surface area contributed by atoms with Crippen LogP contribution in [0.25, 0.3) is 0 Å². The number of nitrogens with zero attached hydrogens (tertiary/aromatic N) is 4. The number of aromatic nitrogens is 3. The van der Waals surface area contributed by atoms with Crippen molar-refractivity contribution in [1.82, 2.24) is 24.4 Å². The summed E-state index contributed by atoms with van der Waals surface area (Å²) in [6.07, 6.45) is 2.67. The number of hydrogen-bond acceptors (Lipinski definition) is 7. The van der Waals surface area contributed by atoms with E-state index in [1.165, 1.54) is 34.1 Å². The normalized spacial score (nSPS) is 16.9. The van der Waals surface area contributed by atoms with Crippen molar-refractivity contribution in [3.63, 3.8) is 0 Å². The Hall–Kier alpha value is -2.99. The van der Waals surface area contributed by atoms with Crippen LogP contribution >= 0.6 is 0 Å². The number of ether oxygens (including phenoxy) is 1. The molecule has 1 fully saturated rings. The molecule has 1 atom stereocenters. The van der Waals surface area contributed by atoms with Gasteiger partial charge >= 0.3 is 6.09 Å². The molecule has 1 saturated heterocycles. The first-order valence-corrected chi connectivity index (χ1v) is 11.2. The Morgan fingerprint density at radius 2 is 1.97 bits per heavy atom. The van der Waals surface area contributed by atoms with Crippen LogP contribution in [-0.2, 0) is 21.8 Å². The van der Waals surface area contributed by atoms with Gasteiger partial charge in [-0.25, -0.2) is 22.9 Å². The van der Waals surface area contributed by atoms with E-state index in [1.807, 2.05) is 0 Å². The first-order valence-electron chi connectivity index (χ1n) is 9.70. The van der Waals surface area contributed by atoms with E-state index in [0.717, 1.165) is 0 Å². The highest BCUT2D eigenvalue weighted by atomic mass is 32.2. The summed E-state index contributed by atoms with van der Waals surface area (Å²) < 4.78 is 34.7. The van der Waals surface area contributed by atoms with Crippen molar-refractivity contribution in [2.24, 2.45) is 7.05 Å². The third kappa shape index (κ3) is 5.79. The van der Waals surface area contributed by atoms with Gasteiger partial charge in [-0.2, -0.15) is 5.10 Å². The second-order valence-corrected chi connectivity index (χ2v) is 9.92. The van der Waals surface area contributed by atoms with Gasteiger partial charge in [0.1, 0.15) is 22.0 Å². The Balaban J connectivity index is 1.59. The summed E-state index contributed by atoms with van der Waals surface area (Å²) in [5, 5.41) is 6.51. The van der Waals surface area contributed by atoms with Gasteiger partial charge in [-0.05, 0) is 45.4 Å². The smallest absolute Gasteiger partial charge is 0.410 e. The number of nitrogens with one attached hydrogen (secondary N) is 2. The molecule has 0 aliphatic carbocycles. The van der Waals surface area contributed by atoms with Crippen LogP contribution in [0.2, 0.25) is 0 Å². The van der Waals surface area contributed by atoms with Gasteiger partial charge < -0.3 is 15.0 Å². The molecule has 168 valence electrons. The zero-order valence-electron chi connectivity index (χ0n) is 17.8. The Bertz CT molecular complexity index is 1060. The number of carbonyl (C=O) groups excluding carboxylic acids is 2. The van der Waals surface area contributed by atoms with Crippen LogP contribution in [0, 0.1) is 0 Å². The fourth-order valence-corrected chi connectivity index (χ4v) is 4.23. The number of carbonyl (C=O) groups is 2. The second kappa shape index (κ2) is 8.63. The summed E-state index contributed by atoms with van der Waals surface area (Å²) in [6, 6.07) is 3.89. The number of amides is 2. The van der Waals surface area contributed by atoms with Crippen molar-refractivity contribution in [3.8, 4) is 0 Å². The first kappa shape index (κ1) is 22.7. The van der Waals surface area contributed by atoms with Crippen LogP contribution in [0.3, 0.4) is 0 Å². The maximum Gasteiger partial charge on any atom is 0.410 e. The zero-order valence-corrected chi connectivity index (χ0v) is 18.6. The predicted octanol–water partition coefficient (Wildman–Crippen LogP) is 1.36. The van der Waals surface area contributed by atoms with E-state index in [9.17, 15) is 18.0 Å². The molecule has 0 spiro atoms. The average molecular weight is 451 g/mol. The summed E-state index contributed by atoms with van der Waals surface area (Å²) in [5.41, 5.74) is -0.273. The van der Waals surface area contributed by atoms with Crippen LogP contribution in [0.1, 0.15) is 37.7 Å². The van der Waals surface area contributed by atoms with Crippen LogP contribution in [-0.4, -0.2) is 64.8 Å². The molecule has 2 N–H and O–H groups in total. The minimum Gasteiger partial charge on any atom is -0.444 e. The van der Waals surface area contributed by atoms with Gasteiger partial charge in [-0.3, -0.25) is 9.48 Å². The summed E-state index contributed by atoms with van der Waals surface area (Å²) in [4.78, 5) is 29.8. The molecule has 3 rings (SSSR count). The number of hydrogen-bond donors (Lipinski definition) is 2. The minimum atomic E-state index is -3.84. The molecule has 1 unspecified atom stereocenters. The molecule has 0 bridgehead atoms. The van der Waals surface area contributed by atoms with Crippen LogP contribution in [0.5, 0.6) is 0 Å². The van der Waals surface area contributed by atoms with Crippen molar-refractivity contribution in [2.45, 2.75) is 43.7 Å². The fraction of sp³-hybridized carbons (Fsp3) is 0.474. The lowest BCUT2D eigenvalue weighted by Crippen LogP contribution is -2.40. The molecule has 2 aromatic rings. The van der Waals surface area contributed by atoms with Gasteiger partial charge in [0.15, 0.2) is 0 Å². The Morgan fingerprint density at radius 1 is 1.23 bits per heavy atom. The van der Waals surface area contributed by atoms with Gasteiger partial charge in [-0.1, -0.05) is 0 Å². The molecule has 2 aromatic heterocycles. The zero-order chi connectivity index (χ0) is 22.8. The molecule has 0 saturated carbocycles. The molecule has 0 aromatic carbocycles. The van der Waals surface area contributed by atoms with Crippen LogP contribution in [0.15, 0.2) is 35.5 Å². The van der Waals surface area contributed by atoms with E-state index in [0.29, 0.717) is 18.7 Å². The van der Waals surface area contributed by atoms with E-state index in [1.54, 1.807) is 33.9 Å². The molecule has 3 heterocycles. The highest BCUT2D eigenvalue weighted by molar-refractivity contribution is 7.89. The maximum absolute atomic E-state index is 12.7. The average Bonchev–Trinajstić information content (AvgIpc) is 3.29. The molecule has 31 heavy (non-hydrogen) atoms. The van der Waals surface area contributed by atoms with E-state index < -0.39 is 33.7 Å². The number of anilines is 1. The maximum atomic E-state index is 12.7.